The highest BCUT2D eigenvalue weighted by molar-refractivity contribution is 5.39. The van der Waals surface area contributed by atoms with Crippen LogP contribution in [0.5, 0.6) is 0 Å². The topological polar surface area (TPSA) is 28.2 Å². The van der Waals surface area contributed by atoms with Crippen molar-refractivity contribution in [2.24, 2.45) is 11.8 Å². The molecule has 0 aliphatic carbocycles. The van der Waals surface area contributed by atoms with E-state index in [2.05, 4.69) is 63.0 Å². The Hall–Kier alpha value is -1.09. The Kier molecular flexibility index (Phi) is 7.60. The van der Waals surface area contributed by atoms with E-state index >= 15 is 0 Å². The van der Waals surface area contributed by atoms with Gasteiger partial charge in [-0.1, -0.05) is 40.7 Å². The maximum Gasteiger partial charge on any atom is 0.128 e. The Bertz CT molecular complexity index is 364. The lowest BCUT2D eigenvalue weighted by Gasteiger charge is -2.27. The maximum absolute atomic E-state index is 4.81. The van der Waals surface area contributed by atoms with Crippen molar-refractivity contribution in [1.29, 1.82) is 0 Å². The molecule has 114 valence electrons. The monoisotopic (exact) mass is 277 g/mol. The molecule has 0 saturated heterocycles. The smallest absolute Gasteiger partial charge is 0.128 e. The normalized spacial score (nSPS) is 11.3. The summed E-state index contributed by atoms with van der Waals surface area (Å²) in [5.74, 6) is 2.41. The second kappa shape index (κ2) is 8.96. The molecule has 0 spiro atoms. The fraction of sp³-hybridized carbons (Fsp3) is 0.706. The molecule has 1 aromatic rings. The molecule has 0 unspecified atom stereocenters. The van der Waals surface area contributed by atoms with Gasteiger partial charge in [-0.05, 0) is 36.9 Å². The number of hydrogen-bond acceptors (Lipinski definition) is 3. The zero-order valence-electron chi connectivity index (χ0n) is 13.8. The number of hydrogen-bond donors (Lipinski definition) is 1. The van der Waals surface area contributed by atoms with Gasteiger partial charge >= 0.3 is 0 Å². The first-order valence-electron chi connectivity index (χ1n) is 7.94. The van der Waals surface area contributed by atoms with Gasteiger partial charge in [-0.3, -0.25) is 0 Å². The lowest BCUT2D eigenvalue weighted by molar-refractivity contribution is 0.547. The van der Waals surface area contributed by atoms with Crippen LogP contribution in [0.25, 0.3) is 0 Å². The molecule has 0 aliphatic rings. The van der Waals surface area contributed by atoms with Crippen LogP contribution in [-0.4, -0.2) is 24.6 Å². The molecule has 0 atom stereocenters. The van der Waals surface area contributed by atoms with Gasteiger partial charge < -0.3 is 10.2 Å². The van der Waals surface area contributed by atoms with E-state index in [0.29, 0.717) is 11.8 Å². The second-order valence-electron chi connectivity index (χ2n) is 6.36. The van der Waals surface area contributed by atoms with Crippen LogP contribution in [0.15, 0.2) is 18.2 Å². The van der Waals surface area contributed by atoms with Crippen LogP contribution in [0.3, 0.4) is 0 Å². The minimum Gasteiger partial charge on any atom is -0.356 e. The highest BCUT2D eigenvalue weighted by Gasteiger charge is 2.12. The van der Waals surface area contributed by atoms with E-state index in [1.807, 2.05) is 0 Å². The maximum atomic E-state index is 4.81. The van der Waals surface area contributed by atoms with E-state index in [9.17, 15) is 0 Å². The molecule has 0 aromatic carbocycles. The summed E-state index contributed by atoms with van der Waals surface area (Å²) in [5, 5.41) is 3.42. The van der Waals surface area contributed by atoms with Crippen LogP contribution in [0.4, 0.5) is 5.82 Å². The van der Waals surface area contributed by atoms with Crippen LogP contribution >= 0.6 is 0 Å². The van der Waals surface area contributed by atoms with E-state index in [4.69, 9.17) is 4.98 Å². The SMILES string of the molecule is CCCNCc1cccc(N(CC(C)C)CC(C)C)n1. The summed E-state index contributed by atoms with van der Waals surface area (Å²) in [6.45, 7) is 15.3. The second-order valence-corrected chi connectivity index (χ2v) is 6.36. The van der Waals surface area contributed by atoms with Gasteiger partial charge in [0, 0.05) is 19.6 Å². The minimum absolute atomic E-state index is 0.650. The van der Waals surface area contributed by atoms with Gasteiger partial charge in [-0.2, -0.15) is 0 Å². The van der Waals surface area contributed by atoms with Gasteiger partial charge in [-0.15, -0.1) is 0 Å². The van der Waals surface area contributed by atoms with Crippen LogP contribution in [0.1, 0.15) is 46.7 Å². The lowest BCUT2D eigenvalue weighted by atomic mass is 10.1. The Morgan fingerprint density at radius 1 is 1.10 bits per heavy atom. The van der Waals surface area contributed by atoms with Crippen molar-refractivity contribution >= 4 is 5.82 Å². The van der Waals surface area contributed by atoms with E-state index in [1.54, 1.807) is 0 Å². The first-order chi connectivity index (χ1) is 9.52. The molecule has 1 rings (SSSR count). The predicted octanol–water partition coefficient (Wildman–Crippen LogP) is 3.70. The molecule has 0 fully saturated rings. The highest BCUT2D eigenvalue weighted by Crippen LogP contribution is 2.15. The third kappa shape index (κ3) is 6.38. The third-order valence-corrected chi connectivity index (χ3v) is 3.02. The zero-order valence-corrected chi connectivity index (χ0v) is 13.8. The summed E-state index contributed by atoms with van der Waals surface area (Å²) >= 11 is 0. The fourth-order valence-electron chi connectivity index (χ4n) is 2.28. The molecular weight excluding hydrogens is 246 g/mol. The van der Waals surface area contributed by atoms with Crippen molar-refractivity contribution in [3.8, 4) is 0 Å². The largest absolute Gasteiger partial charge is 0.356 e. The van der Waals surface area contributed by atoms with Crippen molar-refractivity contribution in [2.45, 2.75) is 47.6 Å². The Morgan fingerprint density at radius 2 is 1.75 bits per heavy atom. The summed E-state index contributed by atoms with van der Waals surface area (Å²) < 4.78 is 0. The van der Waals surface area contributed by atoms with E-state index in [-0.39, 0.29) is 0 Å². The molecule has 0 bridgehead atoms. The number of aromatic nitrogens is 1. The summed E-state index contributed by atoms with van der Waals surface area (Å²) in [4.78, 5) is 7.23. The first-order valence-corrected chi connectivity index (χ1v) is 7.94. The molecular formula is C17H31N3. The molecule has 1 N–H and O–H groups in total. The predicted molar refractivity (Wildman–Crippen MR) is 88.1 cm³/mol. The van der Waals surface area contributed by atoms with Crippen molar-refractivity contribution in [2.75, 3.05) is 24.5 Å². The molecule has 20 heavy (non-hydrogen) atoms. The first kappa shape index (κ1) is 17.0. The lowest BCUT2D eigenvalue weighted by Crippen LogP contribution is -2.32. The molecule has 3 heteroatoms. The van der Waals surface area contributed by atoms with Crippen LogP contribution in [0.2, 0.25) is 0 Å². The van der Waals surface area contributed by atoms with Gasteiger partial charge in [0.25, 0.3) is 0 Å². The average molecular weight is 277 g/mol. The van der Waals surface area contributed by atoms with E-state index < -0.39 is 0 Å². The number of rotatable bonds is 9. The van der Waals surface area contributed by atoms with Gasteiger partial charge in [0.15, 0.2) is 0 Å². The van der Waals surface area contributed by atoms with E-state index in [0.717, 1.165) is 44.1 Å². The molecule has 0 radical (unpaired) electrons. The number of anilines is 1. The molecule has 0 saturated carbocycles. The van der Waals surface area contributed by atoms with Crippen molar-refractivity contribution in [1.82, 2.24) is 10.3 Å². The average Bonchev–Trinajstić information content (AvgIpc) is 2.37. The molecule has 0 amide bonds. The standard InChI is InChI=1S/C17H31N3/c1-6-10-18-11-16-8-7-9-17(19-16)20(12-14(2)3)13-15(4)5/h7-9,14-15,18H,6,10-13H2,1-5H3. The van der Waals surface area contributed by atoms with Gasteiger partial charge in [0.2, 0.25) is 0 Å². The van der Waals surface area contributed by atoms with Gasteiger partial charge in [0.1, 0.15) is 5.82 Å². The minimum atomic E-state index is 0.650. The van der Waals surface area contributed by atoms with Crippen molar-refractivity contribution < 1.29 is 0 Å². The Labute approximate surface area is 124 Å². The number of nitrogens with one attached hydrogen (secondary N) is 1. The molecule has 1 heterocycles. The highest BCUT2D eigenvalue weighted by atomic mass is 15.2. The molecule has 0 aliphatic heterocycles. The van der Waals surface area contributed by atoms with Crippen LogP contribution in [0, 0.1) is 11.8 Å². The summed E-state index contributed by atoms with van der Waals surface area (Å²) in [6.07, 6.45) is 1.16. The Morgan fingerprint density at radius 3 is 2.30 bits per heavy atom. The van der Waals surface area contributed by atoms with Crippen LogP contribution < -0.4 is 10.2 Å². The van der Waals surface area contributed by atoms with E-state index in [1.165, 1.54) is 0 Å². The Balaban J connectivity index is 2.76. The fourth-order valence-corrected chi connectivity index (χ4v) is 2.28. The van der Waals surface area contributed by atoms with Gasteiger partial charge in [0.05, 0.1) is 5.69 Å². The third-order valence-electron chi connectivity index (χ3n) is 3.02. The molecule has 1 aromatic heterocycles. The summed E-state index contributed by atoms with van der Waals surface area (Å²) in [5.41, 5.74) is 1.13. The van der Waals surface area contributed by atoms with Crippen molar-refractivity contribution in [3.63, 3.8) is 0 Å². The quantitative estimate of drug-likeness (QED) is 0.698. The summed E-state index contributed by atoms with van der Waals surface area (Å²) in [7, 11) is 0. The number of pyridine rings is 1. The molecule has 3 nitrogen and oxygen atoms in total. The summed E-state index contributed by atoms with van der Waals surface area (Å²) in [6, 6.07) is 6.36. The number of nitrogens with zero attached hydrogens (tertiary/aromatic N) is 2. The van der Waals surface area contributed by atoms with Gasteiger partial charge in [-0.25, -0.2) is 4.98 Å². The van der Waals surface area contributed by atoms with Crippen LogP contribution in [-0.2, 0) is 6.54 Å². The zero-order chi connectivity index (χ0) is 15.0. The van der Waals surface area contributed by atoms with Crippen molar-refractivity contribution in [3.05, 3.63) is 23.9 Å².